The number of hydrogen-bond donors (Lipinski definition) is 1. The van der Waals surface area contributed by atoms with Gasteiger partial charge in [0.05, 0.1) is 19.7 Å². The molecule has 2 N–H and O–H groups in total. The summed E-state index contributed by atoms with van der Waals surface area (Å²) < 4.78 is 13.2. The Morgan fingerprint density at radius 1 is 0.927 bits per heavy atom. The quantitative estimate of drug-likeness (QED) is 0.236. The maximum Gasteiger partial charge on any atom is 0.237 e. The molecule has 0 bridgehead atoms. The van der Waals surface area contributed by atoms with E-state index in [0.29, 0.717) is 36.8 Å². The number of aryl methyl sites for hydroxylation is 1. The van der Waals surface area contributed by atoms with Gasteiger partial charge < -0.3 is 20.1 Å². The van der Waals surface area contributed by atoms with Gasteiger partial charge in [0, 0.05) is 53.5 Å². The molecule has 0 atom stereocenters. The zero-order chi connectivity index (χ0) is 28.5. The van der Waals surface area contributed by atoms with Crippen LogP contribution >= 0.6 is 0 Å². The molecule has 0 radical (unpaired) electrons. The molecule has 2 aromatic heterocycles. The minimum Gasteiger partial charge on any atom is -0.497 e. The van der Waals surface area contributed by atoms with Gasteiger partial charge >= 0.3 is 0 Å². The number of ether oxygens (including phenoxy) is 2. The molecule has 208 valence electrons. The van der Waals surface area contributed by atoms with E-state index in [1.807, 2.05) is 72.2 Å². The lowest BCUT2D eigenvalue weighted by molar-refractivity contribution is 0.0967. The summed E-state index contributed by atoms with van der Waals surface area (Å²) >= 11 is 0. The maximum atomic E-state index is 13.3. The van der Waals surface area contributed by atoms with Crippen LogP contribution in [-0.4, -0.2) is 34.5 Å². The van der Waals surface area contributed by atoms with Crippen molar-refractivity contribution in [2.45, 2.75) is 39.3 Å². The summed E-state index contributed by atoms with van der Waals surface area (Å²) in [5, 5.41) is 0.934. The lowest BCUT2D eigenvalue weighted by Gasteiger charge is -2.29. The second kappa shape index (κ2) is 11.0. The summed E-state index contributed by atoms with van der Waals surface area (Å²) in [6.07, 6.45) is 1.99. The van der Waals surface area contributed by atoms with Gasteiger partial charge in [-0.05, 0) is 55.7 Å². The molecular formula is C33H33N5O3. The van der Waals surface area contributed by atoms with E-state index in [9.17, 15) is 4.79 Å². The number of Topliss-reactive ketones (excluding diaryl/α,β-unsaturated/α-hetero) is 1. The first-order valence-corrected chi connectivity index (χ1v) is 13.8. The van der Waals surface area contributed by atoms with Crippen molar-refractivity contribution in [3.8, 4) is 17.4 Å². The van der Waals surface area contributed by atoms with Crippen molar-refractivity contribution < 1.29 is 14.3 Å². The van der Waals surface area contributed by atoms with E-state index in [-0.39, 0.29) is 5.78 Å². The molecule has 8 heteroatoms. The number of nitrogens with two attached hydrogens (primary N) is 1. The van der Waals surface area contributed by atoms with Crippen molar-refractivity contribution in [3.05, 3.63) is 101 Å². The van der Waals surface area contributed by atoms with Gasteiger partial charge in [-0.3, -0.25) is 9.36 Å². The van der Waals surface area contributed by atoms with Gasteiger partial charge in [-0.1, -0.05) is 36.4 Å². The van der Waals surface area contributed by atoms with E-state index in [4.69, 9.17) is 25.2 Å². The topological polar surface area (TPSA) is 95.5 Å². The van der Waals surface area contributed by atoms with Crippen molar-refractivity contribution in [1.29, 1.82) is 0 Å². The molecule has 0 saturated heterocycles. The van der Waals surface area contributed by atoms with Gasteiger partial charge in [0.25, 0.3) is 0 Å². The molecule has 1 aliphatic rings. The van der Waals surface area contributed by atoms with Gasteiger partial charge in [0.15, 0.2) is 5.78 Å². The van der Waals surface area contributed by atoms with Crippen LogP contribution in [0, 0.1) is 6.92 Å². The van der Waals surface area contributed by atoms with E-state index in [0.717, 1.165) is 63.4 Å². The number of ketones is 1. The van der Waals surface area contributed by atoms with Crippen molar-refractivity contribution in [2.75, 3.05) is 24.9 Å². The second-order valence-electron chi connectivity index (χ2n) is 10.4. The molecule has 1 aliphatic carbocycles. The lowest BCUT2D eigenvalue weighted by atomic mass is 9.94. The molecule has 0 saturated carbocycles. The third-order valence-electron chi connectivity index (χ3n) is 7.70. The van der Waals surface area contributed by atoms with Crippen LogP contribution < -0.4 is 20.1 Å². The molecule has 41 heavy (non-hydrogen) atoms. The van der Waals surface area contributed by atoms with E-state index in [2.05, 4.69) is 17.0 Å². The average Bonchev–Trinajstić information content (AvgIpc) is 3.34. The smallest absolute Gasteiger partial charge is 0.237 e. The van der Waals surface area contributed by atoms with Crippen LogP contribution in [0.2, 0.25) is 0 Å². The Balaban J connectivity index is 1.55. The number of carbonyl (C=O) groups is 1. The highest BCUT2D eigenvalue weighted by molar-refractivity contribution is 5.98. The Morgan fingerprint density at radius 2 is 1.76 bits per heavy atom. The van der Waals surface area contributed by atoms with Crippen LogP contribution in [0.1, 0.15) is 45.7 Å². The predicted octanol–water partition coefficient (Wildman–Crippen LogP) is 6.05. The van der Waals surface area contributed by atoms with E-state index in [1.54, 1.807) is 14.2 Å². The second-order valence-corrected chi connectivity index (χ2v) is 10.4. The Kier molecular flexibility index (Phi) is 7.05. The number of hydrogen-bond acceptors (Lipinski definition) is 7. The highest BCUT2D eigenvalue weighted by Crippen LogP contribution is 2.35. The fraction of sp³-hybridized carbons (Fsp3) is 0.242. The number of benzene rings is 3. The third-order valence-corrected chi connectivity index (χ3v) is 7.70. The summed E-state index contributed by atoms with van der Waals surface area (Å²) in [5.74, 6) is 2.72. The molecule has 5 aromatic rings. The highest BCUT2D eigenvalue weighted by Gasteiger charge is 2.28. The van der Waals surface area contributed by atoms with Gasteiger partial charge in [-0.15, -0.1) is 0 Å². The number of carbonyl (C=O) groups excluding carboxylic acids is 1. The van der Waals surface area contributed by atoms with Crippen LogP contribution in [0.15, 0.2) is 72.8 Å². The maximum absolute atomic E-state index is 13.3. The van der Waals surface area contributed by atoms with Crippen LogP contribution in [0.25, 0.3) is 16.9 Å². The first-order chi connectivity index (χ1) is 20.0. The van der Waals surface area contributed by atoms with Gasteiger partial charge in [-0.2, -0.15) is 4.98 Å². The van der Waals surface area contributed by atoms with Crippen molar-refractivity contribution >= 4 is 28.2 Å². The number of methoxy groups -OCH3 is 2. The molecule has 0 amide bonds. The average molecular weight is 548 g/mol. The number of nitrogens with zero attached hydrogens (tertiary/aromatic N) is 4. The first-order valence-electron chi connectivity index (χ1n) is 13.8. The third kappa shape index (κ3) is 4.97. The summed E-state index contributed by atoms with van der Waals surface area (Å²) in [7, 11) is 3.30. The van der Waals surface area contributed by atoms with Crippen LogP contribution in [0.5, 0.6) is 11.5 Å². The molecule has 3 aromatic carbocycles. The number of nitrogen functional groups attached to an aromatic ring is 1. The van der Waals surface area contributed by atoms with Crippen molar-refractivity contribution in [2.24, 2.45) is 0 Å². The molecular weight excluding hydrogens is 514 g/mol. The number of rotatable bonds is 8. The van der Waals surface area contributed by atoms with Crippen LogP contribution in [-0.2, 0) is 19.5 Å². The molecule has 0 unspecified atom stereocenters. The molecule has 2 heterocycles. The number of fused-ring (bicyclic) bond motifs is 2. The lowest BCUT2D eigenvalue weighted by Crippen LogP contribution is -2.28. The van der Waals surface area contributed by atoms with E-state index >= 15 is 0 Å². The Hall–Kier alpha value is -4.85. The highest BCUT2D eigenvalue weighted by atomic mass is 16.5. The number of aromatic nitrogens is 3. The summed E-state index contributed by atoms with van der Waals surface area (Å²) in [5.41, 5.74) is 12.4. The Labute approximate surface area is 239 Å². The zero-order valence-electron chi connectivity index (χ0n) is 23.6. The summed E-state index contributed by atoms with van der Waals surface area (Å²) in [6.45, 7) is 3.11. The van der Waals surface area contributed by atoms with Crippen LogP contribution in [0.3, 0.4) is 0 Å². The van der Waals surface area contributed by atoms with Gasteiger partial charge in [0.1, 0.15) is 23.0 Å². The van der Waals surface area contributed by atoms with Gasteiger partial charge in [0.2, 0.25) is 5.95 Å². The Morgan fingerprint density at radius 3 is 2.54 bits per heavy atom. The predicted molar refractivity (Wildman–Crippen MR) is 161 cm³/mol. The van der Waals surface area contributed by atoms with E-state index < -0.39 is 0 Å². The summed E-state index contributed by atoms with van der Waals surface area (Å²) in [4.78, 5) is 25.6. The minimum absolute atomic E-state index is 0.0477. The van der Waals surface area contributed by atoms with Crippen molar-refractivity contribution in [1.82, 2.24) is 14.5 Å². The van der Waals surface area contributed by atoms with Gasteiger partial charge in [-0.25, -0.2) is 4.98 Å². The van der Waals surface area contributed by atoms with E-state index in [1.165, 1.54) is 0 Å². The Bertz CT molecular complexity index is 1750. The minimum atomic E-state index is 0.0477. The molecule has 8 nitrogen and oxygen atoms in total. The molecule has 0 spiro atoms. The summed E-state index contributed by atoms with van der Waals surface area (Å²) in [6, 6.07) is 24.0. The fourth-order valence-corrected chi connectivity index (χ4v) is 5.68. The molecule has 0 fully saturated rings. The normalized spacial score (nSPS) is 12.8. The van der Waals surface area contributed by atoms with Crippen LogP contribution in [0.4, 0.5) is 11.5 Å². The zero-order valence-corrected chi connectivity index (χ0v) is 23.6. The largest absolute Gasteiger partial charge is 0.497 e. The van der Waals surface area contributed by atoms with Crippen molar-refractivity contribution in [3.63, 3.8) is 0 Å². The monoisotopic (exact) mass is 547 g/mol. The molecule has 6 rings (SSSR count). The number of anilines is 2. The standard InChI is InChI=1S/C33H33N5O3/c1-21-17-26-27(34)12-8-13-28(26)38(21)33-35-31-25(11-7-14-29(31)39)32(36-33)37(19-22-9-5-4-6-10-22)20-23-15-16-24(40-2)18-30(23)41-3/h4-6,8-10,12-13,15-18H,7,11,14,19-20,34H2,1-3H3. The fourth-order valence-electron chi connectivity index (χ4n) is 5.68. The molecule has 0 aliphatic heterocycles. The SMILES string of the molecule is COc1ccc(CN(Cc2ccccc2)c2nc(-n3c(C)cc4c(N)cccc43)nc3c2CCCC3=O)c(OC)c1. The first kappa shape index (κ1) is 26.4.